The lowest BCUT2D eigenvalue weighted by atomic mass is 10.0. The zero-order valence-electron chi connectivity index (χ0n) is 16.8. The van der Waals surface area contributed by atoms with Gasteiger partial charge in [-0.05, 0) is 41.9 Å². The molecule has 0 saturated heterocycles. The lowest BCUT2D eigenvalue weighted by Crippen LogP contribution is -2.09. The van der Waals surface area contributed by atoms with E-state index in [4.69, 9.17) is 4.42 Å². The van der Waals surface area contributed by atoms with Gasteiger partial charge in [0.25, 0.3) is 5.22 Å². The highest BCUT2D eigenvalue weighted by atomic mass is 32.2. The monoisotopic (exact) mass is 425 g/mol. The van der Waals surface area contributed by atoms with Crippen LogP contribution < -0.4 is 0 Å². The van der Waals surface area contributed by atoms with Crippen LogP contribution in [0.15, 0.2) is 94.7 Å². The fraction of sp³-hybridized carbons (Fsp3) is 0.0800. The summed E-state index contributed by atoms with van der Waals surface area (Å²) in [5, 5.41) is 9.18. The lowest BCUT2D eigenvalue weighted by molar-refractivity contribution is 0.0990. The van der Waals surface area contributed by atoms with Crippen molar-refractivity contribution in [3.8, 4) is 11.5 Å². The number of para-hydroxylation sites is 1. The van der Waals surface area contributed by atoms with Gasteiger partial charge >= 0.3 is 0 Å². The molecule has 5 rings (SSSR count). The minimum Gasteiger partial charge on any atom is -0.411 e. The molecule has 0 saturated carbocycles. The molecule has 0 spiro atoms. The number of benzene rings is 3. The van der Waals surface area contributed by atoms with Gasteiger partial charge in [0.05, 0.1) is 0 Å². The van der Waals surface area contributed by atoms with Gasteiger partial charge in [-0.3, -0.25) is 4.79 Å². The fourth-order valence-electron chi connectivity index (χ4n) is 3.60. The molecule has 0 fully saturated rings. The third kappa shape index (κ3) is 3.78. The van der Waals surface area contributed by atoms with Crippen molar-refractivity contribution >= 4 is 28.4 Å². The quantitative estimate of drug-likeness (QED) is 0.257. The molecule has 0 bridgehead atoms. The number of carbonyl (C=O) groups excluding carboxylic acids is 1. The predicted octanol–water partition coefficient (Wildman–Crippen LogP) is 6.24. The van der Waals surface area contributed by atoms with Crippen molar-refractivity contribution in [3.05, 3.63) is 102 Å². The highest BCUT2D eigenvalue weighted by Crippen LogP contribution is 2.39. The first-order valence-corrected chi connectivity index (χ1v) is 10.8. The van der Waals surface area contributed by atoms with Crippen molar-refractivity contribution < 1.29 is 9.21 Å². The first-order valence-electron chi connectivity index (χ1n) is 9.92. The van der Waals surface area contributed by atoms with E-state index < -0.39 is 5.25 Å². The third-order valence-electron chi connectivity index (χ3n) is 5.20. The Bertz CT molecular complexity index is 1360. The smallest absolute Gasteiger partial charge is 0.277 e. The van der Waals surface area contributed by atoms with Crippen LogP contribution in [0.2, 0.25) is 0 Å². The van der Waals surface area contributed by atoms with Crippen molar-refractivity contribution in [2.75, 3.05) is 0 Å². The van der Waals surface area contributed by atoms with Gasteiger partial charge in [0.1, 0.15) is 5.25 Å². The van der Waals surface area contributed by atoms with Crippen LogP contribution in [-0.4, -0.2) is 21.0 Å². The molecular weight excluding hydrogens is 406 g/mol. The summed E-state index contributed by atoms with van der Waals surface area (Å²) in [4.78, 5) is 16.8. The van der Waals surface area contributed by atoms with Crippen molar-refractivity contribution in [2.45, 2.75) is 17.4 Å². The Labute approximate surface area is 183 Å². The minimum absolute atomic E-state index is 0.00992. The Morgan fingerprint density at radius 2 is 1.68 bits per heavy atom. The van der Waals surface area contributed by atoms with E-state index in [-0.39, 0.29) is 5.78 Å². The molecule has 2 heterocycles. The lowest BCUT2D eigenvalue weighted by Gasteiger charge is -2.13. The second-order valence-corrected chi connectivity index (χ2v) is 8.27. The largest absolute Gasteiger partial charge is 0.411 e. The van der Waals surface area contributed by atoms with Crippen LogP contribution in [0.4, 0.5) is 0 Å². The van der Waals surface area contributed by atoms with Crippen LogP contribution in [0.5, 0.6) is 0 Å². The Hall–Kier alpha value is -3.64. The predicted molar refractivity (Wildman–Crippen MR) is 122 cm³/mol. The number of nitrogens with zero attached hydrogens (tertiary/aromatic N) is 2. The summed E-state index contributed by atoms with van der Waals surface area (Å²) in [6.45, 7) is 2.00. The molecule has 6 heteroatoms. The maximum Gasteiger partial charge on any atom is 0.277 e. The Morgan fingerprint density at radius 1 is 0.935 bits per heavy atom. The van der Waals surface area contributed by atoms with Gasteiger partial charge in [-0.2, -0.15) is 0 Å². The molecule has 0 aliphatic rings. The maximum atomic E-state index is 13.6. The SMILES string of the molecule is Cc1ccccc1-c1nnc(SC(C(=O)c2c[nH]c3ccccc23)c2ccccc2)o1. The van der Waals surface area contributed by atoms with Crippen molar-refractivity contribution in [1.82, 2.24) is 15.2 Å². The standard InChI is InChI=1S/C25H19N3O2S/c1-16-9-5-6-12-18(16)24-27-28-25(30-24)31-23(17-10-3-2-4-11-17)22(29)20-15-26-21-14-8-7-13-19(20)21/h2-15,23,26H,1H3. The van der Waals surface area contributed by atoms with Crippen LogP contribution in [0.3, 0.4) is 0 Å². The highest BCUT2D eigenvalue weighted by molar-refractivity contribution is 8.00. The zero-order valence-corrected chi connectivity index (χ0v) is 17.6. The summed E-state index contributed by atoms with van der Waals surface area (Å²) in [5.74, 6) is 0.441. The molecular formula is C25H19N3O2S. The van der Waals surface area contributed by atoms with Crippen molar-refractivity contribution in [1.29, 1.82) is 0 Å². The number of aryl methyl sites for hydroxylation is 1. The number of Topliss-reactive ketones (excluding diaryl/α,β-unsaturated/α-hetero) is 1. The molecule has 152 valence electrons. The number of aromatic nitrogens is 3. The molecule has 0 radical (unpaired) electrons. The first kappa shape index (κ1) is 19.3. The fourth-order valence-corrected chi connectivity index (χ4v) is 4.54. The number of thioether (sulfide) groups is 1. The van der Waals surface area contributed by atoms with Gasteiger partial charge in [-0.15, -0.1) is 10.2 Å². The molecule has 5 aromatic rings. The van der Waals surface area contributed by atoms with E-state index in [1.54, 1.807) is 6.20 Å². The molecule has 0 amide bonds. The number of ketones is 1. The second kappa shape index (κ2) is 8.24. The van der Waals surface area contributed by atoms with Gasteiger partial charge in [0.15, 0.2) is 5.78 Å². The number of hydrogen-bond acceptors (Lipinski definition) is 5. The summed E-state index contributed by atoms with van der Waals surface area (Å²) in [6, 6.07) is 25.3. The number of H-pyrrole nitrogens is 1. The molecule has 2 aromatic heterocycles. The number of carbonyl (C=O) groups is 1. The van der Waals surface area contributed by atoms with Gasteiger partial charge in [0.2, 0.25) is 5.89 Å². The molecule has 0 aliphatic carbocycles. The van der Waals surface area contributed by atoms with Gasteiger partial charge in [-0.1, -0.05) is 66.7 Å². The van der Waals surface area contributed by atoms with E-state index in [0.29, 0.717) is 16.7 Å². The number of nitrogens with one attached hydrogen (secondary N) is 1. The normalized spacial score (nSPS) is 12.2. The summed E-state index contributed by atoms with van der Waals surface area (Å²) in [6.07, 6.45) is 1.77. The van der Waals surface area contributed by atoms with E-state index in [1.165, 1.54) is 11.8 Å². The van der Waals surface area contributed by atoms with Crippen molar-refractivity contribution in [3.63, 3.8) is 0 Å². The van der Waals surface area contributed by atoms with E-state index in [9.17, 15) is 4.79 Å². The average Bonchev–Trinajstić information content (AvgIpc) is 3.45. The topological polar surface area (TPSA) is 71.8 Å². The molecule has 1 N–H and O–H groups in total. The van der Waals surface area contributed by atoms with Crippen LogP contribution >= 0.6 is 11.8 Å². The second-order valence-electron chi connectivity index (χ2n) is 7.21. The number of fused-ring (bicyclic) bond motifs is 1. The minimum atomic E-state index is -0.509. The van der Waals surface area contributed by atoms with E-state index >= 15 is 0 Å². The van der Waals surface area contributed by atoms with E-state index in [1.807, 2.05) is 85.8 Å². The summed E-state index contributed by atoms with van der Waals surface area (Å²) in [5.41, 5.74) is 4.41. The molecule has 3 aromatic carbocycles. The molecule has 1 unspecified atom stereocenters. The van der Waals surface area contributed by atoms with E-state index in [2.05, 4.69) is 15.2 Å². The first-order chi connectivity index (χ1) is 15.2. The summed E-state index contributed by atoms with van der Waals surface area (Å²) in [7, 11) is 0. The van der Waals surface area contributed by atoms with Gasteiger partial charge in [0, 0.05) is 28.2 Å². The van der Waals surface area contributed by atoms with Crippen LogP contribution in [0.25, 0.3) is 22.4 Å². The Kier molecular flexibility index (Phi) is 5.14. The molecule has 5 nitrogen and oxygen atoms in total. The Morgan fingerprint density at radius 3 is 2.52 bits per heavy atom. The van der Waals surface area contributed by atoms with Gasteiger partial charge in [-0.25, -0.2) is 0 Å². The maximum absolute atomic E-state index is 13.6. The number of aromatic amines is 1. The van der Waals surface area contributed by atoms with Crippen molar-refractivity contribution in [2.24, 2.45) is 0 Å². The third-order valence-corrected chi connectivity index (χ3v) is 6.28. The van der Waals surface area contributed by atoms with Crippen LogP contribution in [0.1, 0.15) is 26.7 Å². The summed E-state index contributed by atoms with van der Waals surface area (Å²) >= 11 is 1.27. The number of rotatable bonds is 6. The molecule has 1 atom stereocenters. The van der Waals surface area contributed by atoms with Crippen LogP contribution in [0, 0.1) is 6.92 Å². The highest BCUT2D eigenvalue weighted by Gasteiger charge is 2.28. The van der Waals surface area contributed by atoms with Crippen LogP contribution in [-0.2, 0) is 0 Å². The molecule has 31 heavy (non-hydrogen) atoms. The summed E-state index contributed by atoms with van der Waals surface area (Å²) < 4.78 is 5.94. The van der Waals surface area contributed by atoms with E-state index in [0.717, 1.165) is 27.6 Å². The zero-order chi connectivity index (χ0) is 21.2. The Balaban J connectivity index is 1.51. The number of hydrogen-bond donors (Lipinski definition) is 1. The molecule has 0 aliphatic heterocycles. The average molecular weight is 426 g/mol. The van der Waals surface area contributed by atoms with Gasteiger partial charge < -0.3 is 9.40 Å².